The van der Waals surface area contributed by atoms with E-state index in [-0.39, 0.29) is 28.4 Å². The maximum atomic E-state index is 12.1. The van der Waals surface area contributed by atoms with E-state index in [2.05, 4.69) is 61.1 Å². The lowest BCUT2D eigenvalue weighted by Crippen LogP contribution is -2.43. The van der Waals surface area contributed by atoms with Crippen molar-refractivity contribution in [3.8, 4) is 5.75 Å². The molecule has 0 saturated heterocycles. The molecule has 2 aromatic heterocycles. The number of aromatic hydroxyl groups is 1. The second kappa shape index (κ2) is 19.0. The number of hydrogen-bond acceptors (Lipinski definition) is 8. The van der Waals surface area contributed by atoms with Crippen LogP contribution in [0, 0.1) is 5.92 Å². The molecule has 2 heterocycles. The van der Waals surface area contributed by atoms with Gasteiger partial charge in [-0.25, -0.2) is 4.98 Å². The van der Waals surface area contributed by atoms with Crippen molar-refractivity contribution in [3.63, 3.8) is 0 Å². The first-order valence-electron chi connectivity index (χ1n) is 20.4. The summed E-state index contributed by atoms with van der Waals surface area (Å²) in [6.45, 7) is 14.5. The minimum Gasteiger partial charge on any atom is -0.506 e. The number of nitrogens with zero attached hydrogens (tertiary/aromatic N) is 2. The van der Waals surface area contributed by atoms with E-state index >= 15 is 0 Å². The number of hydrogen-bond donors (Lipinski definition) is 4. The van der Waals surface area contributed by atoms with Gasteiger partial charge in [0.1, 0.15) is 11.5 Å². The van der Waals surface area contributed by atoms with Crippen LogP contribution in [0.3, 0.4) is 0 Å². The van der Waals surface area contributed by atoms with Crippen molar-refractivity contribution in [3.05, 3.63) is 93.9 Å². The number of pyridine rings is 1. The summed E-state index contributed by atoms with van der Waals surface area (Å²) >= 11 is 0. The summed E-state index contributed by atoms with van der Waals surface area (Å²) in [7, 11) is 0.0263. The summed E-state index contributed by atoms with van der Waals surface area (Å²) in [6.07, 6.45) is 15.4. The molecule has 1 fully saturated rings. The number of oxazole rings is 1. The number of aromatic nitrogens is 2. The van der Waals surface area contributed by atoms with Crippen molar-refractivity contribution < 1.29 is 19.1 Å². The molecule has 0 bridgehead atoms. The highest BCUT2D eigenvalue weighted by Gasteiger charge is 2.45. The summed E-state index contributed by atoms with van der Waals surface area (Å²) < 4.78 is 13.2. The van der Waals surface area contributed by atoms with Crippen LogP contribution in [0.15, 0.2) is 70.0 Å². The lowest BCUT2D eigenvalue weighted by molar-refractivity contribution is -0.0242. The van der Waals surface area contributed by atoms with E-state index in [9.17, 15) is 15.0 Å². The molecule has 1 aliphatic rings. The standard InChI is InChI=1S/C44H66N4O5Si/c1-43(2,3)54(5,6)53-39(36-24-26-38(49)41-37(36)25-27-40(50)47-41)31-45-28-18-10-8-7-9-11-19-29-48(4)32-35-30-46-42(52-35)44(51,33-20-14-12-15-21-33)34-22-16-13-17-23-34/h12,14-15,20-21,24-27,30,34,39,45,49,51H,7-11,13,16-19,22-23,28-29,31-32H2,1-6H3,(H,47,50)/t39?,44-/m0/s1. The Morgan fingerprint density at radius 3 is 2.35 bits per heavy atom. The fourth-order valence-corrected chi connectivity index (χ4v) is 8.96. The van der Waals surface area contributed by atoms with E-state index < -0.39 is 13.9 Å². The van der Waals surface area contributed by atoms with Crippen LogP contribution in [-0.4, -0.2) is 60.1 Å². The number of nitrogens with one attached hydrogen (secondary N) is 2. The number of phenols is 1. The molecule has 5 rings (SSSR count). The van der Waals surface area contributed by atoms with Crippen LogP contribution in [0.4, 0.5) is 0 Å². The molecule has 2 aromatic carbocycles. The van der Waals surface area contributed by atoms with Crippen LogP contribution in [0.5, 0.6) is 5.75 Å². The zero-order valence-corrected chi connectivity index (χ0v) is 34.8. The van der Waals surface area contributed by atoms with Crippen molar-refractivity contribution >= 4 is 19.2 Å². The third-order valence-corrected chi connectivity index (χ3v) is 16.4. The SMILES string of the molecule is CN(CCCCCCCCCNCC(O[Si](C)(C)C(C)(C)C)c1ccc(O)c2[nH]c(=O)ccc12)Cc1cnc([C@](O)(c2ccccc2)C2CCCCC2)o1. The van der Waals surface area contributed by atoms with Gasteiger partial charge in [0.2, 0.25) is 11.4 Å². The Kier molecular flexibility index (Phi) is 14.8. The largest absolute Gasteiger partial charge is 0.506 e. The van der Waals surface area contributed by atoms with E-state index in [1.165, 1.54) is 44.6 Å². The third kappa shape index (κ3) is 10.7. The number of unbranched alkanes of at least 4 members (excludes halogenated alkanes) is 6. The fraction of sp³-hybridized carbons (Fsp3) is 0.591. The second-order valence-corrected chi connectivity index (χ2v) is 21.9. The lowest BCUT2D eigenvalue weighted by Gasteiger charge is -2.39. The van der Waals surface area contributed by atoms with Crippen LogP contribution >= 0.6 is 0 Å². The highest BCUT2D eigenvalue weighted by Crippen LogP contribution is 2.44. The van der Waals surface area contributed by atoms with Gasteiger partial charge < -0.3 is 29.4 Å². The molecule has 10 heteroatoms. The molecule has 1 aliphatic carbocycles. The zero-order valence-electron chi connectivity index (χ0n) is 33.8. The molecular weight excluding hydrogens is 693 g/mol. The summed E-state index contributed by atoms with van der Waals surface area (Å²) in [5.41, 5.74) is 0.889. The van der Waals surface area contributed by atoms with E-state index in [0.29, 0.717) is 24.5 Å². The summed E-state index contributed by atoms with van der Waals surface area (Å²) in [6, 6.07) is 16.8. The van der Waals surface area contributed by atoms with Gasteiger partial charge in [-0.3, -0.25) is 9.69 Å². The van der Waals surface area contributed by atoms with E-state index in [4.69, 9.17) is 8.84 Å². The number of rotatable bonds is 20. The van der Waals surface area contributed by atoms with Crippen molar-refractivity contribution in [2.24, 2.45) is 5.92 Å². The smallest absolute Gasteiger partial charge is 0.248 e. The van der Waals surface area contributed by atoms with Gasteiger partial charge in [0.25, 0.3) is 0 Å². The Hall–Kier alpha value is -3.28. The van der Waals surface area contributed by atoms with Crippen LogP contribution in [0.2, 0.25) is 18.1 Å². The average molecular weight is 759 g/mol. The van der Waals surface area contributed by atoms with Gasteiger partial charge in [-0.05, 0) is 87.2 Å². The average Bonchev–Trinajstić information content (AvgIpc) is 3.62. The van der Waals surface area contributed by atoms with Crippen molar-refractivity contribution in [2.45, 2.75) is 134 Å². The van der Waals surface area contributed by atoms with Crippen molar-refractivity contribution in [1.29, 1.82) is 0 Å². The highest BCUT2D eigenvalue weighted by atomic mass is 28.4. The number of fused-ring (bicyclic) bond motifs is 1. The van der Waals surface area contributed by atoms with Crippen LogP contribution in [0.1, 0.15) is 127 Å². The van der Waals surface area contributed by atoms with Gasteiger partial charge in [-0.15, -0.1) is 0 Å². The van der Waals surface area contributed by atoms with Crippen molar-refractivity contribution in [1.82, 2.24) is 20.2 Å². The maximum absolute atomic E-state index is 12.1. The monoisotopic (exact) mass is 758 g/mol. The Bertz CT molecular complexity index is 1800. The molecule has 2 atom stereocenters. The van der Waals surface area contributed by atoms with Gasteiger partial charge in [0, 0.05) is 23.9 Å². The molecule has 0 amide bonds. The molecule has 9 nitrogen and oxygen atoms in total. The van der Waals surface area contributed by atoms with Gasteiger partial charge in [-0.1, -0.05) is 109 Å². The topological polar surface area (TPSA) is 124 Å². The van der Waals surface area contributed by atoms with Crippen molar-refractivity contribution in [2.75, 3.05) is 26.7 Å². The van der Waals surface area contributed by atoms with Crippen LogP contribution < -0.4 is 10.9 Å². The third-order valence-electron chi connectivity index (χ3n) is 11.9. The lowest BCUT2D eigenvalue weighted by atomic mass is 9.73. The predicted octanol–water partition coefficient (Wildman–Crippen LogP) is 9.55. The molecule has 4 aromatic rings. The summed E-state index contributed by atoms with van der Waals surface area (Å²) in [5, 5.41) is 27.1. The fourth-order valence-electron chi connectivity index (χ4n) is 7.68. The number of benzene rings is 2. The van der Waals surface area contributed by atoms with Crippen LogP contribution in [0.25, 0.3) is 10.9 Å². The maximum Gasteiger partial charge on any atom is 0.248 e. The van der Waals surface area contributed by atoms with Gasteiger partial charge in [0.05, 0.1) is 24.4 Å². The Balaban J connectivity index is 1.01. The van der Waals surface area contributed by atoms with Gasteiger partial charge >= 0.3 is 0 Å². The second-order valence-electron chi connectivity index (χ2n) is 17.2. The minimum absolute atomic E-state index is 0.0492. The summed E-state index contributed by atoms with van der Waals surface area (Å²) in [4.78, 5) is 21.8. The highest BCUT2D eigenvalue weighted by molar-refractivity contribution is 6.74. The number of aliphatic hydroxyl groups is 1. The Morgan fingerprint density at radius 1 is 0.963 bits per heavy atom. The quantitative estimate of drug-likeness (QED) is 0.0519. The molecular formula is C44H66N4O5Si. The first-order chi connectivity index (χ1) is 25.8. The molecule has 1 saturated carbocycles. The first kappa shape index (κ1) is 41.9. The molecule has 1 unspecified atom stereocenters. The number of aromatic amines is 1. The van der Waals surface area contributed by atoms with Gasteiger partial charge in [0.15, 0.2) is 13.9 Å². The first-order valence-corrected chi connectivity index (χ1v) is 23.4. The van der Waals surface area contributed by atoms with E-state index in [1.54, 1.807) is 18.3 Å². The van der Waals surface area contributed by atoms with Crippen LogP contribution in [-0.2, 0) is 16.6 Å². The molecule has 4 N–H and O–H groups in total. The Labute approximate surface area is 324 Å². The molecule has 0 spiro atoms. The molecule has 0 radical (unpaired) electrons. The van der Waals surface area contributed by atoms with Gasteiger partial charge in [-0.2, -0.15) is 0 Å². The zero-order chi connectivity index (χ0) is 38.8. The number of phenolic OH excluding ortho intramolecular Hbond substituents is 1. The minimum atomic E-state index is -2.11. The molecule has 54 heavy (non-hydrogen) atoms. The molecule has 0 aliphatic heterocycles. The predicted molar refractivity (Wildman–Crippen MR) is 221 cm³/mol. The normalized spacial score (nSPS) is 16.2. The summed E-state index contributed by atoms with van der Waals surface area (Å²) in [5.74, 6) is 1.42. The van der Waals surface area contributed by atoms with E-state index in [0.717, 1.165) is 73.9 Å². The Morgan fingerprint density at radius 2 is 1.65 bits per heavy atom. The number of H-pyrrole nitrogens is 1. The molecule has 296 valence electrons. The van der Waals surface area contributed by atoms with E-state index in [1.807, 2.05) is 36.4 Å².